The lowest BCUT2D eigenvalue weighted by atomic mass is 10.0. The maximum atomic E-state index is 12.4. The number of hydrogen-bond acceptors (Lipinski definition) is 4. The quantitative estimate of drug-likeness (QED) is 0.901. The van der Waals surface area contributed by atoms with Crippen LogP contribution in [0.15, 0.2) is 42.9 Å². The fourth-order valence-corrected chi connectivity index (χ4v) is 3.28. The van der Waals surface area contributed by atoms with Crippen molar-refractivity contribution in [2.24, 2.45) is 5.92 Å². The number of carbonyl (C=O) groups is 1. The second kappa shape index (κ2) is 7.73. The summed E-state index contributed by atoms with van der Waals surface area (Å²) in [5.74, 6) is 0.0764. The first-order valence-electron chi connectivity index (χ1n) is 8.07. The molecule has 24 heavy (non-hydrogen) atoms. The van der Waals surface area contributed by atoms with Crippen molar-refractivity contribution in [2.45, 2.75) is 25.4 Å². The first kappa shape index (κ1) is 16.9. The topological polar surface area (TPSA) is 66.3 Å². The lowest BCUT2D eigenvalue weighted by Gasteiger charge is -2.16. The summed E-state index contributed by atoms with van der Waals surface area (Å²) in [5.41, 5.74) is 1.89. The molecule has 0 unspecified atom stereocenters. The normalized spacial score (nSPS) is 20.3. The van der Waals surface area contributed by atoms with Gasteiger partial charge in [-0.1, -0.05) is 23.7 Å². The highest BCUT2D eigenvalue weighted by atomic mass is 35.5. The number of aromatic nitrogens is 2. The van der Waals surface area contributed by atoms with Gasteiger partial charge in [0.15, 0.2) is 0 Å². The molecule has 1 aliphatic heterocycles. The molecule has 5 nitrogen and oxygen atoms in total. The van der Waals surface area contributed by atoms with Gasteiger partial charge in [0, 0.05) is 49.0 Å². The van der Waals surface area contributed by atoms with Gasteiger partial charge < -0.3 is 10.0 Å². The minimum absolute atomic E-state index is 0.0109. The third-order valence-electron chi connectivity index (χ3n) is 4.36. The van der Waals surface area contributed by atoms with E-state index in [0.29, 0.717) is 37.4 Å². The zero-order valence-corrected chi connectivity index (χ0v) is 14.1. The van der Waals surface area contributed by atoms with Crippen molar-refractivity contribution >= 4 is 17.5 Å². The van der Waals surface area contributed by atoms with Crippen LogP contribution in [0.3, 0.4) is 0 Å². The van der Waals surface area contributed by atoms with Crippen LogP contribution in [0.1, 0.15) is 17.7 Å². The number of halogens is 1. The van der Waals surface area contributed by atoms with Gasteiger partial charge >= 0.3 is 0 Å². The number of β-amino-alcohol motifs (C(OH)–C–C–N with tert-alkyl or cyclic N) is 1. The molecule has 1 N–H and O–H groups in total. The van der Waals surface area contributed by atoms with E-state index < -0.39 is 6.10 Å². The van der Waals surface area contributed by atoms with Crippen LogP contribution in [-0.4, -0.2) is 45.1 Å². The molecule has 1 aromatic heterocycles. The number of hydrogen-bond donors (Lipinski definition) is 1. The minimum atomic E-state index is -0.512. The van der Waals surface area contributed by atoms with Crippen LogP contribution in [0.5, 0.6) is 0 Å². The van der Waals surface area contributed by atoms with Crippen LogP contribution in [0.4, 0.5) is 0 Å². The van der Waals surface area contributed by atoms with E-state index in [1.807, 2.05) is 24.3 Å². The average molecular weight is 346 g/mol. The molecule has 0 radical (unpaired) electrons. The van der Waals surface area contributed by atoms with Crippen molar-refractivity contribution in [3.63, 3.8) is 0 Å². The van der Waals surface area contributed by atoms with E-state index in [1.54, 1.807) is 23.5 Å². The second-order valence-electron chi connectivity index (χ2n) is 6.16. The molecule has 1 amide bonds. The van der Waals surface area contributed by atoms with Gasteiger partial charge in [-0.05, 0) is 30.5 Å². The molecule has 0 saturated carbocycles. The van der Waals surface area contributed by atoms with E-state index in [0.717, 1.165) is 11.3 Å². The van der Waals surface area contributed by atoms with Crippen LogP contribution >= 0.6 is 11.6 Å². The number of aryl methyl sites for hydroxylation is 1. The zero-order chi connectivity index (χ0) is 16.9. The van der Waals surface area contributed by atoms with Crippen molar-refractivity contribution in [3.8, 4) is 0 Å². The molecule has 1 saturated heterocycles. The van der Waals surface area contributed by atoms with Gasteiger partial charge in [0.1, 0.15) is 0 Å². The van der Waals surface area contributed by atoms with Crippen LogP contribution in [-0.2, 0) is 17.6 Å². The van der Waals surface area contributed by atoms with E-state index >= 15 is 0 Å². The number of amides is 1. The number of aliphatic hydroxyl groups excluding tert-OH is 1. The summed E-state index contributed by atoms with van der Waals surface area (Å²) < 4.78 is 0. The average Bonchev–Trinajstić information content (AvgIpc) is 2.95. The van der Waals surface area contributed by atoms with Crippen molar-refractivity contribution in [2.75, 3.05) is 13.1 Å². The van der Waals surface area contributed by atoms with Crippen LogP contribution in [0.25, 0.3) is 0 Å². The van der Waals surface area contributed by atoms with Gasteiger partial charge in [-0.25, -0.2) is 0 Å². The Hall–Kier alpha value is -1.98. The summed E-state index contributed by atoms with van der Waals surface area (Å²) in [5, 5.41) is 10.9. The minimum Gasteiger partial charge on any atom is -0.391 e. The molecule has 0 spiro atoms. The van der Waals surface area contributed by atoms with Gasteiger partial charge in [-0.2, -0.15) is 0 Å². The summed E-state index contributed by atoms with van der Waals surface area (Å²) in [6.45, 7) is 0.950. The molecule has 1 aromatic carbocycles. The Morgan fingerprint density at radius 2 is 2.21 bits per heavy atom. The molecular formula is C18H20ClN3O2. The van der Waals surface area contributed by atoms with Crippen molar-refractivity contribution in [3.05, 3.63) is 59.1 Å². The summed E-state index contributed by atoms with van der Waals surface area (Å²) in [4.78, 5) is 22.4. The predicted octanol–water partition coefficient (Wildman–Crippen LogP) is 2.12. The van der Waals surface area contributed by atoms with Gasteiger partial charge in [0.2, 0.25) is 5.91 Å². The zero-order valence-electron chi connectivity index (χ0n) is 13.3. The molecule has 2 aromatic rings. The summed E-state index contributed by atoms with van der Waals surface area (Å²) in [6, 6.07) is 7.55. The number of nitrogens with zero attached hydrogens (tertiary/aromatic N) is 3. The molecule has 2 heterocycles. The van der Waals surface area contributed by atoms with Gasteiger partial charge in [-0.3, -0.25) is 14.8 Å². The molecule has 126 valence electrons. The Balaban J connectivity index is 1.53. The van der Waals surface area contributed by atoms with Crippen molar-refractivity contribution in [1.82, 2.24) is 14.9 Å². The molecule has 0 aliphatic carbocycles. The highest BCUT2D eigenvalue weighted by Gasteiger charge is 2.33. The standard InChI is InChI=1S/C18H20ClN3O2/c19-15-3-1-2-13(8-15)4-5-18(24)22-11-14(17(23)12-22)9-16-10-20-6-7-21-16/h1-3,6-8,10,14,17,23H,4-5,9,11-12H2/t14-,17-/m1/s1. The fourth-order valence-electron chi connectivity index (χ4n) is 3.06. The van der Waals surface area contributed by atoms with E-state index in [4.69, 9.17) is 11.6 Å². The van der Waals surface area contributed by atoms with Crippen LogP contribution in [0, 0.1) is 5.92 Å². The molecule has 1 fully saturated rings. The SMILES string of the molecule is O=C(CCc1cccc(Cl)c1)N1C[C@@H](Cc2cnccn2)[C@H](O)C1. The molecule has 3 rings (SSSR count). The summed E-state index contributed by atoms with van der Waals surface area (Å²) in [7, 11) is 0. The highest BCUT2D eigenvalue weighted by molar-refractivity contribution is 6.30. The maximum Gasteiger partial charge on any atom is 0.223 e. The lowest BCUT2D eigenvalue weighted by Crippen LogP contribution is -2.29. The number of benzene rings is 1. The van der Waals surface area contributed by atoms with E-state index in [-0.39, 0.29) is 11.8 Å². The van der Waals surface area contributed by atoms with Gasteiger partial charge in [0.25, 0.3) is 0 Å². The Morgan fingerprint density at radius 1 is 1.33 bits per heavy atom. The summed E-state index contributed by atoms with van der Waals surface area (Å²) >= 11 is 5.96. The molecule has 1 aliphatic rings. The Kier molecular flexibility index (Phi) is 5.43. The molecule has 6 heteroatoms. The summed E-state index contributed by atoms with van der Waals surface area (Å²) in [6.07, 6.45) is 6.17. The van der Waals surface area contributed by atoms with E-state index in [9.17, 15) is 9.90 Å². The largest absolute Gasteiger partial charge is 0.391 e. The third kappa shape index (κ3) is 4.30. The van der Waals surface area contributed by atoms with Gasteiger partial charge in [-0.15, -0.1) is 0 Å². The van der Waals surface area contributed by atoms with Crippen LogP contribution < -0.4 is 0 Å². The lowest BCUT2D eigenvalue weighted by molar-refractivity contribution is -0.130. The molecule has 0 bridgehead atoms. The maximum absolute atomic E-state index is 12.4. The van der Waals surface area contributed by atoms with Crippen LogP contribution in [0.2, 0.25) is 5.02 Å². The monoisotopic (exact) mass is 345 g/mol. The molecule has 2 atom stereocenters. The van der Waals surface area contributed by atoms with Gasteiger partial charge in [0.05, 0.1) is 11.8 Å². The van der Waals surface area contributed by atoms with E-state index in [2.05, 4.69) is 9.97 Å². The number of aliphatic hydroxyl groups is 1. The number of likely N-dealkylation sites (tertiary alicyclic amines) is 1. The van der Waals surface area contributed by atoms with Crippen molar-refractivity contribution in [1.29, 1.82) is 0 Å². The first-order valence-corrected chi connectivity index (χ1v) is 8.45. The third-order valence-corrected chi connectivity index (χ3v) is 4.60. The predicted molar refractivity (Wildman–Crippen MR) is 91.6 cm³/mol. The smallest absolute Gasteiger partial charge is 0.223 e. The molecular weight excluding hydrogens is 326 g/mol. The number of rotatable bonds is 5. The Morgan fingerprint density at radius 3 is 2.96 bits per heavy atom. The Labute approximate surface area is 146 Å². The fraction of sp³-hybridized carbons (Fsp3) is 0.389. The first-order chi connectivity index (χ1) is 11.6. The Bertz CT molecular complexity index is 696. The number of carbonyl (C=O) groups excluding carboxylic acids is 1. The highest BCUT2D eigenvalue weighted by Crippen LogP contribution is 2.22. The van der Waals surface area contributed by atoms with E-state index in [1.165, 1.54) is 0 Å². The second-order valence-corrected chi connectivity index (χ2v) is 6.59. The van der Waals surface area contributed by atoms with Crippen molar-refractivity contribution < 1.29 is 9.90 Å².